The third kappa shape index (κ3) is 2.17. The monoisotopic (exact) mass is 418 g/mol. The molecule has 1 heterocycles. The first-order chi connectivity index (χ1) is 6.59. The number of hydrogen-bond acceptors (Lipinski definition) is 3. The van der Waals surface area contributed by atoms with Crippen LogP contribution in [0, 0.1) is 0 Å². The summed E-state index contributed by atoms with van der Waals surface area (Å²) in [7, 11) is 0. The van der Waals surface area contributed by atoms with E-state index in [0.717, 1.165) is 4.90 Å². The van der Waals surface area contributed by atoms with Gasteiger partial charge in [0, 0.05) is 18.0 Å². The maximum atomic E-state index is 11.4. The van der Waals surface area contributed by atoms with Crippen molar-refractivity contribution in [2.24, 2.45) is 5.11 Å². The van der Waals surface area contributed by atoms with E-state index in [1.165, 1.54) is 0 Å². The van der Waals surface area contributed by atoms with E-state index in [2.05, 4.69) is 10.0 Å². The van der Waals surface area contributed by atoms with Gasteiger partial charge in [-0.2, -0.15) is 0 Å². The molecule has 6 nitrogen and oxygen atoms in total. The molecule has 0 N–H and O–H groups in total. The Bertz CT molecular complexity index is 348. The van der Waals surface area contributed by atoms with Gasteiger partial charge in [0.2, 0.25) is 0 Å². The zero-order chi connectivity index (χ0) is 10.7. The minimum atomic E-state index is -0.312. The first kappa shape index (κ1) is 11.7. The molecule has 0 atom stereocenters. The van der Waals surface area contributed by atoms with Crippen LogP contribution in [0.1, 0.15) is 0 Å². The van der Waals surface area contributed by atoms with Gasteiger partial charge in [-0.25, -0.2) is 0 Å². The Balaban J connectivity index is 2.72. The van der Waals surface area contributed by atoms with Crippen molar-refractivity contribution >= 4 is 57.0 Å². The highest BCUT2D eigenvalue weighted by atomic mass is 127. The van der Waals surface area contributed by atoms with E-state index in [0.29, 0.717) is 7.16 Å². The number of carbonyl (C=O) groups excluding carboxylic acids is 2. The third-order valence-corrected chi connectivity index (χ3v) is 4.58. The molecule has 0 unspecified atom stereocenters. The first-order valence-corrected chi connectivity index (χ1v) is 5.67. The van der Waals surface area contributed by atoms with E-state index in [1.807, 2.05) is 45.2 Å². The maximum absolute atomic E-state index is 11.4. The van der Waals surface area contributed by atoms with Crippen molar-refractivity contribution in [1.29, 1.82) is 0 Å². The number of halogens is 2. The minimum Gasteiger partial charge on any atom is -0.273 e. The van der Waals surface area contributed by atoms with Crippen LogP contribution in [0.4, 0.5) is 0 Å². The molecule has 1 aliphatic rings. The van der Waals surface area contributed by atoms with Gasteiger partial charge in [-0.15, -0.1) is 0 Å². The van der Waals surface area contributed by atoms with Gasteiger partial charge in [0.15, 0.2) is 0 Å². The molecular weight excluding hydrogens is 414 g/mol. The van der Waals surface area contributed by atoms with Crippen molar-refractivity contribution in [3.8, 4) is 0 Å². The highest BCUT2D eigenvalue weighted by Gasteiger charge is 2.34. The second-order valence-corrected chi connectivity index (χ2v) is 4.50. The quantitative estimate of drug-likeness (QED) is 0.230. The van der Waals surface area contributed by atoms with Crippen LogP contribution in [0.15, 0.2) is 12.3 Å². The molecule has 0 radical (unpaired) electrons. The van der Waals surface area contributed by atoms with Gasteiger partial charge in [0.05, 0.1) is 7.16 Å². The largest absolute Gasteiger partial charge is 0.273 e. The fraction of sp³-hybridized carbons (Fsp3) is 0.333. The van der Waals surface area contributed by atoms with Crippen LogP contribution >= 0.6 is 45.2 Å². The van der Waals surface area contributed by atoms with Crippen LogP contribution in [0.3, 0.4) is 0 Å². The van der Waals surface area contributed by atoms with Crippen LogP contribution < -0.4 is 0 Å². The molecular formula is C6H4I2N4O2. The molecule has 0 saturated carbocycles. The molecule has 0 spiro atoms. The Labute approximate surface area is 107 Å². The Morgan fingerprint density at radius 3 is 2.21 bits per heavy atom. The summed E-state index contributed by atoms with van der Waals surface area (Å²) in [5.74, 6) is -0.624. The summed E-state index contributed by atoms with van der Waals surface area (Å²) >= 11 is 3.66. The van der Waals surface area contributed by atoms with Crippen molar-refractivity contribution in [1.82, 2.24) is 4.90 Å². The Hall–Kier alpha value is -0.350. The molecule has 0 aromatic rings. The molecule has 0 bridgehead atoms. The molecule has 0 saturated heterocycles. The fourth-order valence-corrected chi connectivity index (χ4v) is 1.95. The maximum Gasteiger partial charge on any atom is 0.268 e. The molecule has 0 aromatic heterocycles. The third-order valence-electron chi connectivity index (χ3n) is 1.55. The summed E-state index contributed by atoms with van der Waals surface area (Å²) in [5, 5.41) is 3.27. The molecule has 1 rings (SSSR count). The number of nitrogens with zero attached hydrogens (tertiary/aromatic N) is 4. The molecule has 0 fully saturated rings. The molecule has 74 valence electrons. The Morgan fingerprint density at radius 1 is 1.29 bits per heavy atom. The molecule has 2 amide bonds. The predicted octanol–water partition coefficient (Wildman–Crippen LogP) is 1.75. The van der Waals surface area contributed by atoms with Crippen LogP contribution in [-0.4, -0.2) is 29.8 Å². The van der Waals surface area contributed by atoms with Crippen molar-refractivity contribution in [3.05, 3.63) is 17.6 Å². The zero-order valence-electron chi connectivity index (χ0n) is 6.78. The van der Waals surface area contributed by atoms with Gasteiger partial charge in [-0.3, -0.25) is 14.5 Å². The number of carbonyl (C=O) groups is 2. The summed E-state index contributed by atoms with van der Waals surface area (Å²) in [6, 6.07) is 0. The molecule has 0 aliphatic carbocycles. The smallest absolute Gasteiger partial charge is 0.268 e. The summed E-state index contributed by atoms with van der Waals surface area (Å²) in [6.45, 7) is 0.253. The Morgan fingerprint density at radius 2 is 1.79 bits per heavy atom. The number of rotatable bonds is 3. The normalized spacial score (nSPS) is 16.3. The van der Waals surface area contributed by atoms with E-state index >= 15 is 0 Å². The first-order valence-electron chi connectivity index (χ1n) is 3.52. The van der Waals surface area contributed by atoms with Crippen molar-refractivity contribution in [3.63, 3.8) is 0 Å². The average Bonchev–Trinajstić information content (AvgIpc) is 2.35. The topological polar surface area (TPSA) is 86.1 Å². The standard InChI is InChI=1S/C6H4I2N4O2/c7-3-4(8)6(14)12(5(3)13)2-1-10-11-9/h1-2H2. The fourth-order valence-electron chi connectivity index (χ4n) is 0.910. The van der Waals surface area contributed by atoms with Crippen molar-refractivity contribution in [2.75, 3.05) is 13.1 Å². The van der Waals surface area contributed by atoms with Crippen LogP contribution in [-0.2, 0) is 9.59 Å². The summed E-state index contributed by atoms with van der Waals surface area (Å²) in [6.07, 6.45) is 0. The molecule has 14 heavy (non-hydrogen) atoms. The minimum absolute atomic E-state index is 0.113. The van der Waals surface area contributed by atoms with Crippen molar-refractivity contribution in [2.45, 2.75) is 0 Å². The highest BCUT2D eigenvalue weighted by Crippen LogP contribution is 2.29. The average molecular weight is 418 g/mol. The molecule has 1 aliphatic heterocycles. The van der Waals surface area contributed by atoms with Gasteiger partial charge in [-0.05, 0) is 50.7 Å². The number of amides is 2. The van der Waals surface area contributed by atoms with E-state index in [1.54, 1.807) is 0 Å². The van der Waals surface area contributed by atoms with Gasteiger partial charge >= 0.3 is 0 Å². The zero-order valence-corrected chi connectivity index (χ0v) is 11.1. The van der Waals surface area contributed by atoms with Gasteiger partial charge in [0.25, 0.3) is 11.8 Å². The summed E-state index contributed by atoms with van der Waals surface area (Å²) in [4.78, 5) is 26.5. The molecule has 8 heteroatoms. The van der Waals surface area contributed by atoms with Crippen LogP contribution in [0.25, 0.3) is 10.4 Å². The second kappa shape index (κ2) is 4.94. The Kier molecular flexibility index (Phi) is 4.13. The van der Waals surface area contributed by atoms with Crippen molar-refractivity contribution < 1.29 is 9.59 Å². The number of imide groups is 1. The highest BCUT2D eigenvalue weighted by molar-refractivity contribution is 14.1. The van der Waals surface area contributed by atoms with Gasteiger partial charge in [-0.1, -0.05) is 5.11 Å². The summed E-state index contributed by atoms with van der Waals surface area (Å²) < 4.78 is 0.850. The van der Waals surface area contributed by atoms with Crippen LogP contribution in [0.5, 0.6) is 0 Å². The number of hydrogen-bond donors (Lipinski definition) is 0. The predicted molar refractivity (Wildman–Crippen MR) is 65.8 cm³/mol. The van der Waals surface area contributed by atoms with Gasteiger partial charge < -0.3 is 0 Å². The summed E-state index contributed by atoms with van der Waals surface area (Å²) in [5.41, 5.74) is 8.03. The SMILES string of the molecule is [N-]=[N+]=NCCN1C(=O)C(I)=C(I)C1=O. The van der Waals surface area contributed by atoms with E-state index in [9.17, 15) is 9.59 Å². The van der Waals surface area contributed by atoms with E-state index in [-0.39, 0.29) is 24.9 Å². The second-order valence-electron chi connectivity index (χ2n) is 2.34. The lowest BCUT2D eigenvalue weighted by Crippen LogP contribution is -2.33. The lowest BCUT2D eigenvalue weighted by atomic mass is 10.5. The number of azide groups is 1. The lowest BCUT2D eigenvalue weighted by Gasteiger charge is -2.11. The molecule has 0 aromatic carbocycles. The van der Waals surface area contributed by atoms with Gasteiger partial charge in [0.1, 0.15) is 0 Å². The van der Waals surface area contributed by atoms with Crippen LogP contribution in [0.2, 0.25) is 0 Å². The lowest BCUT2D eigenvalue weighted by molar-refractivity contribution is -0.136. The van der Waals surface area contributed by atoms with E-state index in [4.69, 9.17) is 5.53 Å². The van der Waals surface area contributed by atoms with E-state index < -0.39 is 0 Å².